The summed E-state index contributed by atoms with van der Waals surface area (Å²) >= 11 is 0. The third kappa shape index (κ3) is 66.6. The Morgan fingerprint density at radius 1 is 0.407 bits per heavy atom. The number of rotatable bonds is 70. The lowest BCUT2D eigenvalue weighted by Crippen LogP contribution is -2.47. The fourth-order valence-corrected chi connectivity index (χ4v) is 12.2. The van der Waals surface area contributed by atoms with Gasteiger partial charge in [-0.1, -0.05) is 347 Å². The van der Waals surface area contributed by atoms with Gasteiger partial charge >= 0.3 is 13.8 Å². The lowest BCUT2D eigenvalue weighted by Gasteiger charge is -2.27. The van der Waals surface area contributed by atoms with E-state index in [1.54, 1.807) is 0 Å². The number of hydrogen-bond donors (Lipinski definition) is 2. The van der Waals surface area contributed by atoms with Gasteiger partial charge in [0.15, 0.2) is 0 Å². The van der Waals surface area contributed by atoms with Crippen LogP contribution in [0.1, 0.15) is 387 Å². The molecule has 2 N–H and O–H groups in total. The summed E-state index contributed by atoms with van der Waals surface area (Å²) in [5.74, 6) is -0.480. The number of phosphoric ester groups is 1. The molecule has 0 aliphatic rings. The lowest BCUT2D eigenvalue weighted by molar-refractivity contribution is -0.870. The predicted octanol–water partition coefficient (Wildman–Crippen LogP) is 24.2. The highest BCUT2D eigenvalue weighted by Crippen LogP contribution is 2.43. The molecular formula is C76H148N2O7P+. The highest BCUT2D eigenvalue weighted by Gasteiger charge is 2.30. The van der Waals surface area contributed by atoms with Crippen molar-refractivity contribution < 1.29 is 37.3 Å². The molecule has 0 radical (unpaired) electrons. The van der Waals surface area contributed by atoms with Crippen LogP contribution in [0.15, 0.2) is 36.5 Å². The number of phosphoric acid groups is 1. The number of unbranched alkanes of at least 4 members (excludes halogenated alkanes) is 50. The molecule has 86 heavy (non-hydrogen) atoms. The van der Waals surface area contributed by atoms with E-state index in [9.17, 15) is 19.0 Å². The molecule has 0 aliphatic carbocycles. The first-order chi connectivity index (χ1) is 41.9. The Balaban J connectivity index is 4.94. The van der Waals surface area contributed by atoms with Gasteiger partial charge < -0.3 is 19.4 Å². The zero-order valence-electron chi connectivity index (χ0n) is 58.3. The van der Waals surface area contributed by atoms with Gasteiger partial charge in [0, 0.05) is 12.8 Å². The standard InChI is InChI=1S/C76H147N2O7P/c1-7-10-13-16-19-22-25-28-30-32-34-36-37-38-39-40-41-43-45-47-49-51-54-57-60-63-66-69-76(80)85-74(67-64-61-58-55-52-27-24-21-18-15-12-9-3)73(72-84-86(81,82)83-71-70-78(4,5)6)77-75(79)68-65-62-59-56-53-50-48-46-44-42-35-33-31-29-26-23-20-17-14-11-8-2/h19,22,28,30,64,67,73-74H,7-18,20-21,23-27,29,31-63,65-66,68-72H2,1-6H3,(H-,77,79,81,82)/p+1/b22-19-,30-28-,67-64+. The van der Waals surface area contributed by atoms with Crippen LogP contribution < -0.4 is 5.32 Å². The fourth-order valence-electron chi connectivity index (χ4n) is 11.5. The average Bonchev–Trinajstić information content (AvgIpc) is 3.65. The van der Waals surface area contributed by atoms with Crippen LogP contribution in [0.4, 0.5) is 0 Å². The largest absolute Gasteiger partial charge is 0.472 e. The number of esters is 1. The maximum Gasteiger partial charge on any atom is 0.472 e. The van der Waals surface area contributed by atoms with E-state index >= 15 is 0 Å². The molecule has 3 atom stereocenters. The third-order valence-electron chi connectivity index (χ3n) is 17.3. The summed E-state index contributed by atoms with van der Waals surface area (Å²) in [7, 11) is 1.52. The number of quaternary nitrogens is 1. The van der Waals surface area contributed by atoms with Crippen molar-refractivity contribution in [3.8, 4) is 0 Å². The minimum atomic E-state index is -4.45. The van der Waals surface area contributed by atoms with Crippen LogP contribution in [-0.4, -0.2) is 74.3 Å². The van der Waals surface area contributed by atoms with Gasteiger partial charge in [-0.25, -0.2) is 4.57 Å². The van der Waals surface area contributed by atoms with Gasteiger partial charge in [0.05, 0.1) is 33.8 Å². The van der Waals surface area contributed by atoms with Gasteiger partial charge in [-0.15, -0.1) is 0 Å². The summed E-state index contributed by atoms with van der Waals surface area (Å²) in [6.45, 7) is 7.06. The molecule has 0 fully saturated rings. The summed E-state index contributed by atoms with van der Waals surface area (Å²) in [6, 6.07) is -0.844. The molecule has 0 saturated heterocycles. The SMILES string of the molecule is CCCCC/C=C\C/C=C\CCCCCCCCCCCCCCCCCCCC(=O)OC(/C=C/CCCCCCCCCCCC)C(COP(=O)(O)OCC[N+](C)(C)C)NC(=O)CCCCCCCCCCCCCCCCCCCCCCC. The van der Waals surface area contributed by atoms with Gasteiger partial charge in [0.25, 0.3) is 0 Å². The van der Waals surface area contributed by atoms with E-state index in [1.165, 1.54) is 289 Å². The topological polar surface area (TPSA) is 111 Å². The first-order valence-corrected chi connectivity index (χ1v) is 39.3. The number of nitrogens with zero attached hydrogens (tertiary/aromatic N) is 1. The quantitative estimate of drug-likeness (QED) is 0.0205. The minimum Gasteiger partial charge on any atom is -0.456 e. The number of amides is 1. The van der Waals surface area contributed by atoms with Crippen LogP contribution in [0.3, 0.4) is 0 Å². The van der Waals surface area contributed by atoms with Crippen LogP contribution in [0, 0.1) is 0 Å². The summed E-state index contributed by atoms with van der Waals surface area (Å²) in [5.41, 5.74) is 0. The molecule has 3 unspecified atom stereocenters. The van der Waals surface area contributed by atoms with E-state index in [4.69, 9.17) is 13.8 Å². The zero-order chi connectivity index (χ0) is 62.8. The molecule has 0 aliphatic heterocycles. The number of likely N-dealkylation sites (N-methyl/N-ethyl adjacent to an activating group) is 1. The second kappa shape index (κ2) is 66.2. The van der Waals surface area contributed by atoms with Crippen LogP contribution in [0.5, 0.6) is 0 Å². The first kappa shape index (κ1) is 84.2. The van der Waals surface area contributed by atoms with Gasteiger partial charge in [0.2, 0.25) is 5.91 Å². The van der Waals surface area contributed by atoms with E-state index in [2.05, 4.69) is 56.5 Å². The van der Waals surface area contributed by atoms with Crippen molar-refractivity contribution in [1.82, 2.24) is 5.32 Å². The van der Waals surface area contributed by atoms with Crippen molar-refractivity contribution in [2.75, 3.05) is 40.9 Å². The first-order valence-electron chi connectivity index (χ1n) is 37.8. The summed E-state index contributed by atoms with van der Waals surface area (Å²) in [5, 5.41) is 3.08. The van der Waals surface area contributed by atoms with E-state index in [0.29, 0.717) is 23.9 Å². The Kier molecular flexibility index (Phi) is 64.8. The Hall–Kier alpha value is -1.77. The maximum absolute atomic E-state index is 13.6. The number of hydrogen-bond acceptors (Lipinski definition) is 6. The molecule has 0 spiro atoms. The summed E-state index contributed by atoms with van der Waals surface area (Å²) in [6.07, 6.45) is 83.1. The summed E-state index contributed by atoms with van der Waals surface area (Å²) < 4.78 is 30.9. The van der Waals surface area contributed by atoms with Crippen molar-refractivity contribution in [1.29, 1.82) is 0 Å². The monoisotopic (exact) mass is 1230 g/mol. The van der Waals surface area contributed by atoms with Crippen molar-refractivity contribution in [3.63, 3.8) is 0 Å². The van der Waals surface area contributed by atoms with Crippen LogP contribution >= 0.6 is 7.82 Å². The number of allylic oxidation sites excluding steroid dienone is 5. The molecule has 508 valence electrons. The molecule has 0 bridgehead atoms. The van der Waals surface area contributed by atoms with E-state index in [1.807, 2.05) is 27.2 Å². The molecule has 9 nitrogen and oxygen atoms in total. The van der Waals surface area contributed by atoms with Gasteiger partial charge in [0.1, 0.15) is 19.3 Å². The Bertz CT molecular complexity index is 1560. The van der Waals surface area contributed by atoms with E-state index in [0.717, 1.165) is 64.2 Å². The zero-order valence-corrected chi connectivity index (χ0v) is 59.2. The van der Waals surface area contributed by atoms with Gasteiger partial charge in [-0.05, 0) is 63.9 Å². The number of carbonyl (C=O) groups excluding carboxylic acids is 2. The highest BCUT2D eigenvalue weighted by atomic mass is 31.2. The van der Waals surface area contributed by atoms with Crippen molar-refractivity contribution in [2.45, 2.75) is 399 Å². The number of nitrogens with one attached hydrogen (secondary N) is 1. The normalized spacial score (nSPS) is 13.6. The number of carbonyl (C=O) groups is 2. The minimum absolute atomic E-state index is 0.0441. The molecule has 0 heterocycles. The smallest absolute Gasteiger partial charge is 0.456 e. The molecule has 0 saturated carbocycles. The Morgan fingerprint density at radius 3 is 1.07 bits per heavy atom. The lowest BCUT2D eigenvalue weighted by atomic mass is 10.0. The van der Waals surface area contributed by atoms with Crippen LogP contribution in [0.2, 0.25) is 0 Å². The maximum atomic E-state index is 13.6. The van der Waals surface area contributed by atoms with E-state index < -0.39 is 20.0 Å². The van der Waals surface area contributed by atoms with Gasteiger partial charge in [-0.3, -0.25) is 18.6 Å². The second-order valence-corrected chi connectivity index (χ2v) is 28.6. The second-order valence-electron chi connectivity index (χ2n) is 27.2. The van der Waals surface area contributed by atoms with Crippen LogP contribution in [0.25, 0.3) is 0 Å². The molecule has 0 aromatic rings. The third-order valence-corrected chi connectivity index (χ3v) is 18.3. The fraction of sp³-hybridized carbons (Fsp3) is 0.895. The molecule has 0 aromatic carbocycles. The van der Waals surface area contributed by atoms with Crippen LogP contribution in [-0.2, 0) is 27.9 Å². The van der Waals surface area contributed by atoms with Gasteiger partial charge in [-0.2, -0.15) is 0 Å². The van der Waals surface area contributed by atoms with Crippen molar-refractivity contribution in [2.24, 2.45) is 0 Å². The highest BCUT2D eigenvalue weighted by molar-refractivity contribution is 7.47. The Labute approximate surface area is 536 Å². The number of ether oxygens (including phenoxy) is 1. The van der Waals surface area contributed by atoms with Crippen molar-refractivity contribution in [3.05, 3.63) is 36.5 Å². The molecular weight excluding hydrogens is 1080 g/mol. The molecule has 10 heteroatoms. The molecule has 1 amide bonds. The Morgan fingerprint density at radius 2 is 0.709 bits per heavy atom. The molecule has 0 rings (SSSR count). The van der Waals surface area contributed by atoms with Crippen molar-refractivity contribution >= 4 is 19.7 Å². The van der Waals surface area contributed by atoms with E-state index in [-0.39, 0.29) is 25.1 Å². The predicted molar refractivity (Wildman–Crippen MR) is 374 cm³/mol. The molecule has 0 aromatic heterocycles. The summed E-state index contributed by atoms with van der Waals surface area (Å²) in [4.78, 5) is 38.0. The average molecular weight is 1230 g/mol.